The van der Waals surface area contributed by atoms with Crippen molar-refractivity contribution in [2.24, 2.45) is 23.0 Å². The molecular formula is C33H39N3O2. The van der Waals surface area contributed by atoms with E-state index in [2.05, 4.69) is 53.2 Å². The highest BCUT2D eigenvalue weighted by Crippen LogP contribution is 2.80. The summed E-state index contributed by atoms with van der Waals surface area (Å²) in [4.78, 5) is 6.87. The van der Waals surface area contributed by atoms with E-state index in [0.29, 0.717) is 5.92 Å². The third kappa shape index (κ3) is 2.52. The Labute approximate surface area is 225 Å². The monoisotopic (exact) mass is 509 g/mol. The molecule has 4 aliphatic carbocycles. The first kappa shape index (κ1) is 22.7. The molecule has 0 amide bonds. The SMILES string of the molecule is C[C@]12CC=C3C=C4CC[C@@H](N5CC[C@@H](N)C5)[C@@H](O)[C@]45CCC3(O5)[C@@H]1C[C@H]1C[C@]12c1ccc2ccncc2c1. The van der Waals surface area contributed by atoms with Gasteiger partial charge in [0.2, 0.25) is 0 Å². The van der Waals surface area contributed by atoms with Gasteiger partial charge in [-0.05, 0) is 103 Å². The van der Waals surface area contributed by atoms with Crippen LogP contribution in [0.25, 0.3) is 10.8 Å². The van der Waals surface area contributed by atoms with Crippen molar-refractivity contribution >= 4 is 10.8 Å². The highest BCUT2D eigenvalue weighted by molar-refractivity contribution is 5.82. The largest absolute Gasteiger partial charge is 0.388 e. The molecule has 38 heavy (non-hydrogen) atoms. The molecule has 0 radical (unpaired) electrons. The molecule has 1 aromatic carbocycles. The topological polar surface area (TPSA) is 71.6 Å². The molecule has 1 unspecified atom stereocenters. The van der Waals surface area contributed by atoms with Gasteiger partial charge in [-0.3, -0.25) is 9.88 Å². The number of rotatable bonds is 2. The van der Waals surface area contributed by atoms with E-state index in [9.17, 15) is 5.11 Å². The second-order valence-corrected chi connectivity index (χ2v) is 14.0. The third-order valence-corrected chi connectivity index (χ3v) is 12.7. The summed E-state index contributed by atoms with van der Waals surface area (Å²) in [5.41, 5.74) is 10.2. The Bertz CT molecular complexity index is 1430. The van der Waals surface area contributed by atoms with E-state index in [1.165, 1.54) is 40.3 Å². The van der Waals surface area contributed by atoms with Crippen molar-refractivity contribution < 1.29 is 9.84 Å². The summed E-state index contributed by atoms with van der Waals surface area (Å²) in [6.45, 7) is 4.47. The van der Waals surface area contributed by atoms with Crippen LogP contribution in [0.5, 0.6) is 0 Å². The van der Waals surface area contributed by atoms with Crippen LogP contribution in [-0.4, -0.2) is 57.5 Å². The molecule has 5 fully saturated rings. The van der Waals surface area contributed by atoms with E-state index in [1.807, 2.05) is 12.4 Å². The summed E-state index contributed by atoms with van der Waals surface area (Å²) in [5, 5.41) is 14.5. The maximum Gasteiger partial charge on any atom is 0.118 e. The molecule has 7 aliphatic rings. The average molecular weight is 510 g/mol. The minimum Gasteiger partial charge on any atom is -0.388 e. The van der Waals surface area contributed by atoms with Gasteiger partial charge in [0, 0.05) is 48.4 Å². The molecule has 2 spiro atoms. The molecule has 5 nitrogen and oxygen atoms in total. The van der Waals surface area contributed by atoms with Crippen LogP contribution in [0.2, 0.25) is 0 Å². The molecule has 3 saturated carbocycles. The Balaban J connectivity index is 1.11. The number of aromatic nitrogens is 1. The summed E-state index contributed by atoms with van der Waals surface area (Å²) in [6, 6.07) is 9.64. The fourth-order valence-corrected chi connectivity index (χ4v) is 10.9. The zero-order chi connectivity index (χ0) is 25.5. The van der Waals surface area contributed by atoms with Crippen LogP contribution >= 0.6 is 0 Å². The summed E-state index contributed by atoms with van der Waals surface area (Å²) >= 11 is 0. The number of hydrogen-bond acceptors (Lipinski definition) is 5. The quantitative estimate of drug-likeness (QED) is 0.618. The number of nitrogens with two attached hydrogens (primary N) is 1. The van der Waals surface area contributed by atoms with Gasteiger partial charge in [-0.1, -0.05) is 31.2 Å². The van der Waals surface area contributed by atoms with Gasteiger partial charge >= 0.3 is 0 Å². The third-order valence-electron chi connectivity index (χ3n) is 12.7. The Morgan fingerprint density at radius 1 is 1.13 bits per heavy atom. The van der Waals surface area contributed by atoms with E-state index in [-0.39, 0.29) is 28.5 Å². The van der Waals surface area contributed by atoms with Crippen molar-refractivity contribution in [3.05, 3.63) is 65.5 Å². The Morgan fingerprint density at radius 3 is 2.89 bits per heavy atom. The molecule has 9 atom stereocenters. The molecule has 3 aliphatic heterocycles. The smallest absolute Gasteiger partial charge is 0.118 e. The fourth-order valence-electron chi connectivity index (χ4n) is 10.9. The van der Waals surface area contributed by atoms with Crippen LogP contribution in [0.4, 0.5) is 0 Å². The van der Waals surface area contributed by atoms with Crippen molar-refractivity contribution in [2.75, 3.05) is 13.1 Å². The fraction of sp³-hybridized carbons (Fsp3) is 0.606. The van der Waals surface area contributed by atoms with Gasteiger partial charge in [0.05, 0.1) is 5.60 Å². The maximum atomic E-state index is 12.0. The normalized spacial score (nSPS) is 48.7. The highest BCUT2D eigenvalue weighted by Gasteiger charge is 2.78. The minimum absolute atomic E-state index is 0.158. The number of aliphatic hydroxyl groups excluding tert-OH is 1. The molecule has 9 rings (SSSR count). The van der Waals surface area contributed by atoms with Crippen LogP contribution in [0, 0.1) is 17.3 Å². The van der Waals surface area contributed by atoms with Gasteiger partial charge in [0.1, 0.15) is 11.7 Å². The number of hydrogen-bond donors (Lipinski definition) is 2. The number of allylic oxidation sites excluding steroid dienone is 1. The van der Waals surface area contributed by atoms with Gasteiger partial charge < -0.3 is 15.6 Å². The van der Waals surface area contributed by atoms with E-state index in [0.717, 1.165) is 57.5 Å². The lowest BCUT2D eigenvalue weighted by Crippen LogP contribution is -2.62. The second kappa shape index (κ2) is 7.17. The van der Waals surface area contributed by atoms with Crippen molar-refractivity contribution in [1.82, 2.24) is 9.88 Å². The molecule has 2 saturated heterocycles. The molecule has 2 aromatic rings. The lowest BCUT2D eigenvalue weighted by atomic mass is 9.55. The zero-order valence-corrected chi connectivity index (χ0v) is 22.4. The predicted molar refractivity (Wildman–Crippen MR) is 148 cm³/mol. The van der Waals surface area contributed by atoms with Gasteiger partial charge in [0.15, 0.2) is 0 Å². The molecule has 5 heteroatoms. The summed E-state index contributed by atoms with van der Waals surface area (Å²) in [5.74, 6) is 1.21. The standard InChI is InChI=1S/C33H39N3O2/c1-30-9-6-24-15-23-4-5-27(36-13-8-26(34)19-36)29(37)33(23)11-10-32(24,38-33)28(30)16-25-17-31(25,30)22-3-2-20-7-12-35-18-21(20)14-22/h2-3,6-7,12,14-15,18,25-29,37H,4-5,8-11,13,16-17,19,34H2,1H3/t25-,26+,27+,28+,29+,30-,31-,32?,33-/m0/s1. The average Bonchev–Trinajstić information content (AvgIpc) is 3.20. The number of benzene rings is 1. The van der Waals surface area contributed by atoms with Gasteiger partial charge in [-0.15, -0.1) is 0 Å². The molecule has 4 heterocycles. The number of aliphatic hydroxyl groups is 1. The van der Waals surface area contributed by atoms with Crippen LogP contribution < -0.4 is 5.73 Å². The van der Waals surface area contributed by atoms with Crippen molar-refractivity contribution in [1.29, 1.82) is 0 Å². The van der Waals surface area contributed by atoms with E-state index >= 15 is 0 Å². The van der Waals surface area contributed by atoms with Gasteiger partial charge in [-0.25, -0.2) is 0 Å². The molecule has 2 bridgehead atoms. The van der Waals surface area contributed by atoms with Crippen LogP contribution in [0.1, 0.15) is 63.9 Å². The Kier molecular flexibility index (Phi) is 4.29. The van der Waals surface area contributed by atoms with Crippen LogP contribution in [-0.2, 0) is 10.2 Å². The van der Waals surface area contributed by atoms with Crippen molar-refractivity contribution in [2.45, 2.75) is 93.1 Å². The van der Waals surface area contributed by atoms with E-state index < -0.39 is 11.7 Å². The van der Waals surface area contributed by atoms with Gasteiger partial charge in [-0.2, -0.15) is 0 Å². The number of pyridine rings is 1. The first-order valence-corrected chi connectivity index (χ1v) is 15.0. The number of fused-ring (bicyclic) bond motifs is 4. The maximum absolute atomic E-state index is 12.0. The minimum atomic E-state index is -0.514. The summed E-state index contributed by atoms with van der Waals surface area (Å²) in [7, 11) is 0. The summed E-state index contributed by atoms with van der Waals surface area (Å²) < 4.78 is 7.45. The Morgan fingerprint density at radius 2 is 2.03 bits per heavy atom. The summed E-state index contributed by atoms with van der Waals surface area (Å²) in [6.07, 6.45) is 17.2. The van der Waals surface area contributed by atoms with Crippen LogP contribution in [0.3, 0.4) is 0 Å². The van der Waals surface area contributed by atoms with E-state index in [1.54, 1.807) is 0 Å². The second-order valence-electron chi connectivity index (χ2n) is 14.0. The molecule has 198 valence electrons. The lowest BCUT2D eigenvalue weighted by Gasteiger charge is -2.57. The molecule has 3 N–H and O–H groups in total. The highest BCUT2D eigenvalue weighted by atomic mass is 16.5. The van der Waals surface area contributed by atoms with Crippen LogP contribution in [0.15, 0.2) is 60.0 Å². The molecule has 1 aromatic heterocycles. The van der Waals surface area contributed by atoms with Gasteiger partial charge in [0.25, 0.3) is 0 Å². The zero-order valence-electron chi connectivity index (χ0n) is 22.4. The number of nitrogens with zero attached hydrogens (tertiary/aromatic N) is 2. The van der Waals surface area contributed by atoms with E-state index in [4.69, 9.17) is 10.5 Å². The predicted octanol–water partition coefficient (Wildman–Crippen LogP) is 4.63. The Hall–Kier alpha value is -2.05. The number of likely N-dealkylation sites (tertiary alicyclic amines) is 1. The first-order valence-electron chi connectivity index (χ1n) is 15.0. The van der Waals surface area contributed by atoms with Crippen molar-refractivity contribution in [3.63, 3.8) is 0 Å². The van der Waals surface area contributed by atoms with Crippen molar-refractivity contribution in [3.8, 4) is 0 Å². The molecular weight excluding hydrogens is 470 g/mol. The lowest BCUT2D eigenvalue weighted by molar-refractivity contribution is -0.187. The first-order chi connectivity index (χ1) is 18.4. The number of ether oxygens (including phenoxy) is 1.